The number of carbonyl (C=O) groups is 1. The molecule has 0 saturated carbocycles. The highest BCUT2D eigenvalue weighted by Crippen LogP contribution is 2.13. The van der Waals surface area contributed by atoms with Crippen LogP contribution in [0.3, 0.4) is 0 Å². The predicted molar refractivity (Wildman–Crippen MR) is 78.2 cm³/mol. The number of rotatable bonds is 4. The molecule has 1 aromatic carbocycles. The number of carbonyl (C=O) groups excluding carboxylic acids is 1. The maximum absolute atomic E-state index is 12.2. The van der Waals surface area contributed by atoms with Gasteiger partial charge in [-0.05, 0) is 49.9 Å². The molecule has 0 aliphatic carbocycles. The molecule has 1 N–H and O–H groups in total. The highest BCUT2D eigenvalue weighted by Gasteiger charge is 2.24. The van der Waals surface area contributed by atoms with Crippen LogP contribution in [-0.4, -0.2) is 37.5 Å². The van der Waals surface area contributed by atoms with Crippen molar-refractivity contribution in [2.75, 3.05) is 26.7 Å². The molecule has 1 unspecified atom stereocenters. The fourth-order valence-electron chi connectivity index (χ4n) is 2.54. The minimum Gasteiger partial charge on any atom is -0.345 e. The number of aryl methyl sites for hydroxylation is 2. The van der Waals surface area contributed by atoms with Crippen molar-refractivity contribution in [2.45, 2.75) is 26.7 Å². The monoisotopic (exact) mass is 260 g/mol. The third-order valence-electron chi connectivity index (χ3n) is 4.09. The Bertz CT molecular complexity index is 450. The highest BCUT2D eigenvalue weighted by atomic mass is 16.2. The summed E-state index contributed by atoms with van der Waals surface area (Å²) in [6.07, 6.45) is 1.91. The topological polar surface area (TPSA) is 32.3 Å². The molecule has 1 aliphatic rings. The fraction of sp³-hybridized carbons (Fsp3) is 0.562. The lowest BCUT2D eigenvalue weighted by molar-refractivity contribution is -0.133. The van der Waals surface area contributed by atoms with Crippen molar-refractivity contribution in [2.24, 2.45) is 5.92 Å². The Kier molecular flexibility index (Phi) is 4.59. The third kappa shape index (κ3) is 3.57. The zero-order chi connectivity index (χ0) is 13.8. The maximum atomic E-state index is 12.2. The standard InChI is InChI=1S/C16H24N2O/c1-12-4-5-14(10-13(12)2)7-9-18(3)16(19)15-6-8-17-11-15/h4-5,10,15,17H,6-9,11H2,1-3H3. The van der Waals surface area contributed by atoms with Gasteiger partial charge in [0.15, 0.2) is 0 Å². The molecule has 2 rings (SSSR count). The molecule has 0 radical (unpaired) electrons. The van der Waals surface area contributed by atoms with E-state index in [-0.39, 0.29) is 11.8 Å². The number of hydrogen-bond acceptors (Lipinski definition) is 2. The van der Waals surface area contributed by atoms with Crippen LogP contribution in [-0.2, 0) is 11.2 Å². The normalized spacial score (nSPS) is 18.6. The molecule has 1 saturated heterocycles. The summed E-state index contributed by atoms with van der Waals surface area (Å²) >= 11 is 0. The van der Waals surface area contributed by atoms with Crippen molar-refractivity contribution < 1.29 is 4.79 Å². The van der Waals surface area contributed by atoms with Crippen LogP contribution in [0.25, 0.3) is 0 Å². The zero-order valence-corrected chi connectivity index (χ0v) is 12.2. The Morgan fingerprint density at radius 3 is 2.79 bits per heavy atom. The molecule has 1 aromatic rings. The first-order valence-electron chi connectivity index (χ1n) is 7.10. The molecule has 3 heteroatoms. The van der Waals surface area contributed by atoms with Gasteiger partial charge in [0.05, 0.1) is 5.92 Å². The second kappa shape index (κ2) is 6.20. The number of amides is 1. The predicted octanol–water partition coefficient (Wildman–Crippen LogP) is 1.91. The van der Waals surface area contributed by atoms with E-state index in [1.807, 2.05) is 11.9 Å². The van der Waals surface area contributed by atoms with Gasteiger partial charge >= 0.3 is 0 Å². The number of likely N-dealkylation sites (N-methyl/N-ethyl adjacent to an activating group) is 1. The number of nitrogens with zero attached hydrogens (tertiary/aromatic N) is 1. The lowest BCUT2D eigenvalue weighted by atomic mass is 10.0. The highest BCUT2D eigenvalue weighted by molar-refractivity contribution is 5.79. The first-order valence-corrected chi connectivity index (χ1v) is 7.10. The van der Waals surface area contributed by atoms with Gasteiger partial charge in [-0.1, -0.05) is 18.2 Å². The molecule has 0 bridgehead atoms. The van der Waals surface area contributed by atoms with E-state index < -0.39 is 0 Å². The van der Waals surface area contributed by atoms with Crippen LogP contribution in [0.4, 0.5) is 0 Å². The van der Waals surface area contributed by atoms with Crippen LogP contribution < -0.4 is 5.32 Å². The summed E-state index contributed by atoms with van der Waals surface area (Å²) in [5.41, 5.74) is 3.96. The molecule has 0 aromatic heterocycles. The summed E-state index contributed by atoms with van der Waals surface area (Å²) in [6, 6.07) is 6.55. The van der Waals surface area contributed by atoms with Crippen LogP contribution in [0.2, 0.25) is 0 Å². The van der Waals surface area contributed by atoms with E-state index in [0.717, 1.165) is 32.5 Å². The molecule has 1 fully saturated rings. The molecule has 1 heterocycles. The molecule has 1 amide bonds. The van der Waals surface area contributed by atoms with E-state index in [4.69, 9.17) is 0 Å². The molecular weight excluding hydrogens is 236 g/mol. The lowest BCUT2D eigenvalue weighted by Gasteiger charge is -2.20. The van der Waals surface area contributed by atoms with Crippen LogP contribution in [0.15, 0.2) is 18.2 Å². The van der Waals surface area contributed by atoms with E-state index >= 15 is 0 Å². The number of benzene rings is 1. The first kappa shape index (κ1) is 14.1. The van der Waals surface area contributed by atoms with Gasteiger partial charge in [0.25, 0.3) is 0 Å². The average Bonchev–Trinajstić information content (AvgIpc) is 2.93. The Morgan fingerprint density at radius 1 is 1.37 bits per heavy atom. The van der Waals surface area contributed by atoms with Crippen molar-refractivity contribution in [3.63, 3.8) is 0 Å². The molecule has 1 atom stereocenters. The van der Waals surface area contributed by atoms with Crippen molar-refractivity contribution >= 4 is 5.91 Å². The second-order valence-corrected chi connectivity index (χ2v) is 5.62. The minimum atomic E-state index is 0.185. The molecule has 3 nitrogen and oxygen atoms in total. The SMILES string of the molecule is Cc1ccc(CCN(C)C(=O)C2CCNC2)cc1C. The summed E-state index contributed by atoms with van der Waals surface area (Å²) in [5, 5.41) is 3.25. The first-order chi connectivity index (χ1) is 9.08. The zero-order valence-electron chi connectivity index (χ0n) is 12.2. The van der Waals surface area contributed by atoms with Crippen molar-refractivity contribution in [3.8, 4) is 0 Å². The van der Waals surface area contributed by atoms with Crippen LogP contribution in [0.5, 0.6) is 0 Å². The summed E-state index contributed by atoms with van der Waals surface area (Å²) in [5.74, 6) is 0.471. The van der Waals surface area contributed by atoms with E-state index in [1.54, 1.807) is 0 Å². The van der Waals surface area contributed by atoms with Gasteiger partial charge in [-0.25, -0.2) is 0 Å². The average molecular weight is 260 g/mol. The quantitative estimate of drug-likeness (QED) is 0.897. The van der Waals surface area contributed by atoms with Gasteiger partial charge in [0.2, 0.25) is 5.91 Å². The number of hydrogen-bond donors (Lipinski definition) is 1. The Hall–Kier alpha value is -1.35. The molecule has 1 aliphatic heterocycles. The van der Waals surface area contributed by atoms with Gasteiger partial charge in [-0.2, -0.15) is 0 Å². The molecular formula is C16H24N2O. The van der Waals surface area contributed by atoms with E-state index in [2.05, 4.69) is 37.4 Å². The fourth-order valence-corrected chi connectivity index (χ4v) is 2.54. The number of nitrogens with one attached hydrogen (secondary N) is 1. The smallest absolute Gasteiger partial charge is 0.226 e. The molecule has 19 heavy (non-hydrogen) atoms. The van der Waals surface area contributed by atoms with Gasteiger partial charge in [-0.15, -0.1) is 0 Å². The Balaban J connectivity index is 1.87. The van der Waals surface area contributed by atoms with Crippen molar-refractivity contribution in [3.05, 3.63) is 34.9 Å². The van der Waals surface area contributed by atoms with Crippen LogP contribution in [0.1, 0.15) is 23.1 Å². The Morgan fingerprint density at radius 2 is 2.16 bits per heavy atom. The third-order valence-corrected chi connectivity index (χ3v) is 4.09. The van der Waals surface area contributed by atoms with E-state index in [1.165, 1.54) is 16.7 Å². The molecule has 0 spiro atoms. The van der Waals surface area contributed by atoms with Crippen LogP contribution >= 0.6 is 0 Å². The summed E-state index contributed by atoms with van der Waals surface area (Å²) in [6.45, 7) is 6.88. The van der Waals surface area contributed by atoms with Gasteiger partial charge in [0, 0.05) is 20.1 Å². The largest absolute Gasteiger partial charge is 0.345 e. The summed E-state index contributed by atoms with van der Waals surface area (Å²) < 4.78 is 0. The lowest BCUT2D eigenvalue weighted by Crippen LogP contribution is -2.35. The summed E-state index contributed by atoms with van der Waals surface area (Å²) in [7, 11) is 1.92. The summed E-state index contributed by atoms with van der Waals surface area (Å²) in [4.78, 5) is 14.1. The van der Waals surface area contributed by atoms with Crippen LogP contribution in [0, 0.1) is 19.8 Å². The van der Waals surface area contributed by atoms with Gasteiger partial charge < -0.3 is 10.2 Å². The second-order valence-electron chi connectivity index (χ2n) is 5.62. The van der Waals surface area contributed by atoms with Crippen molar-refractivity contribution in [1.82, 2.24) is 10.2 Å². The van der Waals surface area contributed by atoms with Gasteiger partial charge in [-0.3, -0.25) is 4.79 Å². The Labute approximate surface area is 116 Å². The van der Waals surface area contributed by atoms with E-state index in [0.29, 0.717) is 0 Å². The van der Waals surface area contributed by atoms with E-state index in [9.17, 15) is 4.79 Å². The van der Waals surface area contributed by atoms with Crippen molar-refractivity contribution in [1.29, 1.82) is 0 Å². The minimum absolute atomic E-state index is 0.185. The molecule has 104 valence electrons. The maximum Gasteiger partial charge on any atom is 0.226 e. The van der Waals surface area contributed by atoms with Gasteiger partial charge in [0.1, 0.15) is 0 Å².